The normalized spacial score (nSPS) is 26.5. The molecule has 1 heterocycles. The number of rotatable bonds is 2. The van der Waals surface area contributed by atoms with Gasteiger partial charge in [0.1, 0.15) is 0 Å². The number of ether oxygens (including phenoxy) is 1. The molecule has 0 aliphatic carbocycles. The van der Waals surface area contributed by atoms with Crippen molar-refractivity contribution in [1.82, 2.24) is 5.32 Å². The van der Waals surface area contributed by atoms with E-state index < -0.39 is 0 Å². The fourth-order valence-electron chi connectivity index (χ4n) is 1.31. The number of nitrogens with two attached hydrogens (primary N) is 1. The molecule has 11 heavy (non-hydrogen) atoms. The minimum Gasteiger partial charge on any atom is -0.376 e. The van der Waals surface area contributed by atoms with Gasteiger partial charge in [0.15, 0.2) is 5.11 Å². The average Bonchev–Trinajstić information content (AvgIpc) is 2.35. The van der Waals surface area contributed by atoms with Gasteiger partial charge in [-0.25, -0.2) is 0 Å². The van der Waals surface area contributed by atoms with Gasteiger partial charge in [-0.3, -0.25) is 0 Å². The molecule has 1 fully saturated rings. The first kappa shape index (κ1) is 8.74. The second-order valence-corrected chi connectivity index (χ2v) is 3.29. The van der Waals surface area contributed by atoms with Crippen molar-refractivity contribution in [3.8, 4) is 0 Å². The van der Waals surface area contributed by atoms with Crippen LogP contribution in [0.3, 0.4) is 0 Å². The first-order valence-corrected chi connectivity index (χ1v) is 4.28. The monoisotopic (exact) mass is 174 g/mol. The molecule has 0 spiro atoms. The van der Waals surface area contributed by atoms with Gasteiger partial charge in [0.05, 0.1) is 12.1 Å². The fourth-order valence-corrected chi connectivity index (χ4v) is 1.50. The van der Waals surface area contributed by atoms with Gasteiger partial charge in [0, 0.05) is 6.61 Å². The van der Waals surface area contributed by atoms with Crippen LogP contribution >= 0.6 is 12.2 Å². The molecule has 3 N–H and O–H groups in total. The van der Waals surface area contributed by atoms with Crippen molar-refractivity contribution in [2.24, 2.45) is 5.73 Å². The first-order valence-electron chi connectivity index (χ1n) is 3.87. The van der Waals surface area contributed by atoms with Crippen LogP contribution in [-0.4, -0.2) is 23.9 Å². The van der Waals surface area contributed by atoms with Gasteiger partial charge in [-0.05, 0) is 32.0 Å². The maximum atomic E-state index is 5.44. The van der Waals surface area contributed by atoms with E-state index in [1.807, 2.05) is 6.92 Å². The summed E-state index contributed by atoms with van der Waals surface area (Å²) in [6.45, 7) is 2.91. The van der Waals surface area contributed by atoms with Crippen LogP contribution < -0.4 is 11.1 Å². The highest BCUT2D eigenvalue weighted by Crippen LogP contribution is 2.14. The summed E-state index contributed by atoms with van der Waals surface area (Å²) in [4.78, 5) is 0. The van der Waals surface area contributed by atoms with Crippen molar-refractivity contribution in [2.45, 2.75) is 31.9 Å². The van der Waals surface area contributed by atoms with Crippen LogP contribution in [0.5, 0.6) is 0 Å². The van der Waals surface area contributed by atoms with Gasteiger partial charge in [-0.2, -0.15) is 0 Å². The molecule has 0 aromatic rings. The summed E-state index contributed by atoms with van der Waals surface area (Å²) in [5.74, 6) is 0. The Morgan fingerprint density at radius 1 is 1.82 bits per heavy atom. The third-order valence-corrected chi connectivity index (χ3v) is 2.01. The third kappa shape index (κ3) is 2.63. The highest BCUT2D eigenvalue weighted by Gasteiger charge is 2.21. The van der Waals surface area contributed by atoms with E-state index in [0.29, 0.717) is 5.11 Å². The van der Waals surface area contributed by atoms with Gasteiger partial charge in [-0.1, -0.05) is 0 Å². The van der Waals surface area contributed by atoms with Gasteiger partial charge in [0.25, 0.3) is 0 Å². The molecule has 1 saturated heterocycles. The standard InChI is InChI=1S/C7H14N2OS/c1-5(9-7(8)11)6-3-2-4-10-6/h5-6H,2-4H2,1H3,(H3,8,9,11). The lowest BCUT2D eigenvalue weighted by Gasteiger charge is -2.19. The molecule has 4 heteroatoms. The summed E-state index contributed by atoms with van der Waals surface area (Å²) in [5.41, 5.74) is 5.33. The number of nitrogens with one attached hydrogen (secondary N) is 1. The van der Waals surface area contributed by atoms with Crippen LogP contribution in [0.25, 0.3) is 0 Å². The molecule has 0 aromatic heterocycles. The summed E-state index contributed by atoms with van der Waals surface area (Å²) < 4.78 is 5.44. The fraction of sp³-hybridized carbons (Fsp3) is 0.857. The van der Waals surface area contributed by atoms with Crippen molar-refractivity contribution in [2.75, 3.05) is 6.61 Å². The molecule has 1 rings (SSSR count). The summed E-state index contributed by atoms with van der Waals surface area (Å²) in [7, 11) is 0. The highest BCUT2D eigenvalue weighted by atomic mass is 32.1. The Bertz CT molecular complexity index is 145. The molecule has 1 aliphatic rings. The minimum atomic E-state index is 0.245. The molecule has 2 atom stereocenters. The molecule has 0 saturated carbocycles. The maximum absolute atomic E-state index is 5.44. The van der Waals surface area contributed by atoms with Gasteiger partial charge in [-0.15, -0.1) is 0 Å². The molecular formula is C7H14N2OS. The predicted octanol–water partition coefficient (Wildman–Crippen LogP) is 0.387. The van der Waals surface area contributed by atoms with Crippen LogP contribution in [0.1, 0.15) is 19.8 Å². The average molecular weight is 174 g/mol. The highest BCUT2D eigenvalue weighted by molar-refractivity contribution is 7.80. The lowest BCUT2D eigenvalue weighted by atomic mass is 10.1. The molecule has 0 aromatic carbocycles. The van der Waals surface area contributed by atoms with Crippen LogP contribution in [-0.2, 0) is 4.74 Å². The van der Waals surface area contributed by atoms with Crippen molar-refractivity contribution in [3.63, 3.8) is 0 Å². The Labute approximate surface area is 72.3 Å². The molecule has 1 aliphatic heterocycles. The molecule has 0 radical (unpaired) electrons. The maximum Gasteiger partial charge on any atom is 0.163 e. The second-order valence-electron chi connectivity index (χ2n) is 2.85. The summed E-state index contributed by atoms with van der Waals surface area (Å²) in [5, 5.41) is 3.32. The van der Waals surface area contributed by atoms with E-state index in [0.717, 1.165) is 19.4 Å². The predicted molar refractivity (Wildman–Crippen MR) is 48.4 cm³/mol. The quantitative estimate of drug-likeness (QED) is 0.594. The van der Waals surface area contributed by atoms with Crippen molar-refractivity contribution in [1.29, 1.82) is 0 Å². The van der Waals surface area contributed by atoms with E-state index in [1.54, 1.807) is 0 Å². The lowest BCUT2D eigenvalue weighted by molar-refractivity contribution is 0.0894. The number of thiocarbonyl (C=S) groups is 1. The Kier molecular flexibility index (Phi) is 3.08. The summed E-state index contributed by atoms with van der Waals surface area (Å²) >= 11 is 4.72. The lowest BCUT2D eigenvalue weighted by Crippen LogP contribution is -2.43. The van der Waals surface area contributed by atoms with Crippen molar-refractivity contribution in [3.05, 3.63) is 0 Å². The molecule has 2 unspecified atom stereocenters. The Morgan fingerprint density at radius 3 is 3.00 bits per heavy atom. The number of hydrogen-bond donors (Lipinski definition) is 2. The molecule has 3 nitrogen and oxygen atoms in total. The zero-order valence-electron chi connectivity index (χ0n) is 6.67. The van der Waals surface area contributed by atoms with E-state index in [-0.39, 0.29) is 12.1 Å². The Balaban J connectivity index is 2.28. The first-order chi connectivity index (χ1) is 5.20. The molecule has 64 valence electrons. The van der Waals surface area contributed by atoms with Gasteiger partial charge in [0.2, 0.25) is 0 Å². The van der Waals surface area contributed by atoms with E-state index in [2.05, 4.69) is 5.32 Å². The van der Waals surface area contributed by atoms with E-state index in [9.17, 15) is 0 Å². The van der Waals surface area contributed by atoms with Crippen molar-refractivity contribution >= 4 is 17.3 Å². The van der Waals surface area contributed by atoms with Gasteiger partial charge >= 0.3 is 0 Å². The summed E-state index contributed by atoms with van der Waals surface area (Å²) in [6.07, 6.45) is 2.54. The van der Waals surface area contributed by atoms with Gasteiger partial charge < -0.3 is 15.8 Å². The van der Waals surface area contributed by atoms with Crippen LogP contribution in [0.4, 0.5) is 0 Å². The molecular weight excluding hydrogens is 160 g/mol. The largest absolute Gasteiger partial charge is 0.376 e. The zero-order chi connectivity index (χ0) is 8.27. The third-order valence-electron chi connectivity index (χ3n) is 1.89. The van der Waals surface area contributed by atoms with E-state index >= 15 is 0 Å². The zero-order valence-corrected chi connectivity index (χ0v) is 7.49. The Hall–Kier alpha value is -0.350. The van der Waals surface area contributed by atoms with E-state index in [4.69, 9.17) is 22.7 Å². The molecule has 0 bridgehead atoms. The number of hydrogen-bond acceptors (Lipinski definition) is 2. The topological polar surface area (TPSA) is 47.3 Å². The second kappa shape index (κ2) is 3.88. The summed E-state index contributed by atoms with van der Waals surface area (Å²) in [6, 6.07) is 0.245. The van der Waals surface area contributed by atoms with Crippen LogP contribution in [0, 0.1) is 0 Å². The smallest absolute Gasteiger partial charge is 0.163 e. The Morgan fingerprint density at radius 2 is 2.55 bits per heavy atom. The van der Waals surface area contributed by atoms with Crippen molar-refractivity contribution < 1.29 is 4.74 Å². The molecule has 0 amide bonds. The van der Waals surface area contributed by atoms with Crippen LogP contribution in [0.15, 0.2) is 0 Å². The minimum absolute atomic E-state index is 0.245. The SMILES string of the molecule is CC(NC(N)=S)C1CCCO1. The van der Waals surface area contributed by atoms with E-state index in [1.165, 1.54) is 0 Å². The van der Waals surface area contributed by atoms with Crippen LogP contribution in [0.2, 0.25) is 0 Å².